The van der Waals surface area contributed by atoms with E-state index >= 15 is 0 Å². The van der Waals surface area contributed by atoms with Crippen molar-refractivity contribution in [2.45, 2.75) is 38.5 Å². The molecule has 138 valence electrons. The van der Waals surface area contributed by atoms with Gasteiger partial charge in [0, 0.05) is 17.5 Å². The molecular weight excluding hydrogens is 336 g/mol. The van der Waals surface area contributed by atoms with Crippen LogP contribution in [0, 0.1) is 5.92 Å². The molecule has 0 saturated heterocycles. The van der Waals surface area contributed by atoms with Crippen LogP contribution in [0.2, 0.25) is 0 Å². The van der Waals surface area contributed by atoms with Crippen molar-refractivity contribution in [2.75, 3.05) is 11.9 Å². The maximum absolute atomic E-state index is 12.0. The van der Waals surface area contributed by atoms with Gasteiger partial charge in [0.1, 0.15) is 5.58 Å². The van der Waals surface area contributed by atoms with E-state index in [-0.39, 0.29) is 24.1 Å². The lowest BCUT2D eigenvalue weighted by atomic mass is 9.87. The molecule has 1 aromatic heterocycles. The van der Waals surface area contributed by atoms with E-state index in [0.29, 0.717) is 29.0 Å². The molecule has 0 unspecified atom stereocenters. The van der Waals surface area contributed by atoms with E-state index in [1.165, 1.54) is 25.3 Å². The highest BCUT2D eigenvalue weighted by atomic mass is 16.4. The number of carbonyl (C=O) groups is 3. The van der Waals surface area contributed by atoms with Gasteiger partial charge in [0.25, 0.3) is 0 Å². The summed E-state index contributed by atoms with van der Waals surface area (Å²) in [6.07, 6.45) is 6.25. The predicted octanol–water partition coefficient (Wildman–Crippen LogP) is 3.16. The third-order valence-corrected chi connectivity index (χ3v) is 4.66. The zero-order chi connectivity index (χ0) is 18.5. The Balaban J connectivity index is 1.50. The number of nitrogens with one attached hydrogen (secondary N) is 2. The maximum Gasteiger partial charge on any atom is 0.371 e. The number of carboxylic acids is 1. The number of hydrogen-bond donors (Lipinski definition) is 3. The third-order valence-electron chi connectivity index (χ3n) is 4.66. The van der Waals surface area contributed by atoms with E-state index < -0.39 is 5.97 Å². The van der Waals surface area contributed by atoms with Gasteiger partial charge in [0.15, 0.2) is 0 Å². The molecule has 1 fully saturated rings. The summed E-state index contributed by atoms with van der Waals surface area (Å²) in [4.78, 5) is 34.9. The lowest BCUT2D eigenvalue weighted by Crippen LogP contribution is -2.34. The number of benzene rings is 1. The monoisotopic (exact) mass is 358 g/mol. The summed E-state index contributed by atoms with van der Waals surface area (Å²) in [6.45, 7) is -0.0879. The van der Waals surface area contributed by atoms with Gasteiger partial charge in [-0.05, 0) is 43.0 Å². The minimum atomic E-state index is -1.15. The molecule has 1 aliphatic rings. The molecule has 0 bridgehead atoms. The van der Waals surface area contributed by atoms with E-state index in [9.17, 15) is 14.4 Å². The first-order valence-electron chi connectivity index (χ1n) is 8.85. The molecule has 1 heterocycles. The van der Waals surface area contributed by atoms with Crippen molar-refractivity contribution in [3.63, 3.8) is 0 Å². The predicted molar refractivity (Wildman–Crippen MR) is 96.0 cm³/mol. The fraction of sp³-hybridized carbons (Fsp3) is 0.421. The summed E-state index contributed by atoms with van der Waals surface area (Å²) in [5.41, 5.74) is 0.947. The smallest absolute Gasteiger partial charge is 0.371 e. The second-order valence-corrected chi connectivity index (χ2v) is 6.70. The molecule has 0 atom stereocenters. The summed E-state index contributed by atoms with van der Waals surface area (Å²) in [5, 5.41) is 14.9. The lowest BCUT2D eigenvalue weighted by Gasteiger charge is -2.20. The van der Waals surface area contributed by atoms with Gasteiger partial charge in [-0.25, -0.2) is 4.79 Å². The van der Waals surface area contributed by atoms with Crippen LogP contribution in [0.3, 0.4) is 0 Å². The van der Waals surface area contributed by atoms with E-state index in [2.05, 4.69) is 10.6 Å². The van der Waals surface area contributed by atoms with Gasteiger partial charge in [-0.2, -0.15) is 0 Å². The Morgan fingerprint density at radius 3 is 2.58 bits per heavy atom. The van der Waals surface area contributed by atoms with Crippen molar-refractivity contribution in [2.24, 2.45) is 5.92 Å². The second-order valence-electron chi connectivity index (χ2n) is 6.70. The van der Waals surface area contributed by atoms with Crippen LogP contribution in [0.15, 0.2) is 28.7 Å². The highest BCUT2D eigenvalue weighted by Gasteiger charge is 2.17. The number of furan rings is 1. The zero-order valence-corrected chi connectivity index (χ0v) is 14.4. The summed E-state index contributed by atoms with van der Waals surface area (Å²) < 4.78 is 5.17. The van der Waals surface area contributed by atoms with Gasteiger partial charge in [-0.3, -0.25) is 9.59 Å². The van der Waals surface area contributed by atoms with Gasteiger partial charge in [-0.15, -0.1) is 0 Å². The highest BCUT2D eigenvalue weighted by Crippen LogP contribution is 2.26. The molecule has 0 radical (unpaired) electrons. The number of amides is 2. The first-order chi connectivity index (χ1) is 12.5. The number of carbonyl (C=O) groups excluding carboxylic acids is 2. The fourth-order valence-corrected chi connectivity index (χ4v) is 3.34. The van der Waals surface area contributed by atoms with Crippen molar-refractivity contribution < 1.29 is 23.9 Å². The van der Waals surface area contributed by atoms with Gasteiger partial charge in [0.05, 0.1) is 6.54 Å². The van der Waals surface area contributed by atoms with Crippen LogP contribution in [0.4, 0.5) is 5.69 Å². The van der Waals surface area contributed by atoms with Gasteiger partial charge in [-0.1, -0.05) is 19.3 Å². The number of carboxylic acid groups (broad SMARTS) is 1. The Morgan fingerprint density at radius 2 is 1.85 bits per heavy atom. The van der Waals surface area contributed by atoms with E-state index in [1.807, 2.05) is 0 Å². The summed E-state index contributed by atoms with van der Waals surface area (Å²) in [5.74, 6) is -1.30. The van der Waals surface area contributed by atoms with Crippen molar-refractivity contribution >= 4 is 34.4 Å². The van der Waals surface area contributed by atoms with Crippen LogP contribution >= 0.6 is 0 Å². The normalized spacial score (nSPS) is 14.9. The topological polar surface area (TPSA) is 109 Å². The molecule has 0 aliphatic heterocycles. The minimum absolute atomic E-state index is 0.0879. The maximum atomic E-state index is 12.0. The van der Waals surface area contributed by atoms with E-state index in [1.54, 1.807) is 18.2 Å². The SMILES string of the molecule is O=C(CC1CCCCC1)NCC(=O)Nc1ccc2oc(C(=O)O)cc2c1. The largest absolute Gasteiger partial charge is 0.475 e. The van der Waals surface area contributed by atoms with Crippen molar-refractivity contribution in [1.82, 2.24) is 5.32 Å². The van der Waals surface area contributed by atoms with E-state index in [0.717, 1.165) is 12.8 Å². The Bertz CT molecular complexity index is 820. The van der Waals surface area contributed by atoms with Crippen LogP contribution in [0.1, 0.15) is 49.1 Å². The standard InChI is InChI=1S/C19H22N2O5/c22-17(8-12-4-2-1-3-5-12)20-11-18(23)21-14-6-7-15-13(9-14)10-16(26-15)19(24)25/h6-7,9-10,12H,1-5,8,11H2,(H,20,22)(H,21,23)(H,24,25). The molecule has 1 aliphatic carbocycles. The molecule has 7 heteroatoms. The number of rotatable bonds is 6. The zero-order valence-electron chi connectivity index (χ0n) is 14.4. The summed E-state index contributed by atoms with van der Waals surface area (Å²) in [7, 11) is 0. The average molecular weight is 358 g/mol. The average Bonchev–Trinajstić information content (AvgIpc) is 3.04. The van der Waals surface area contributed by atoms with E-state index in [4.69, 9.17) is 9.52 Å². The summed E-state index contributed by atoms with van der Waals surface area (Å²) in [6, 6.07) is 6.25. The number of anilines is 1. The van der Waals surface area contributed by atoms with Crippen molar-refractivity contribution in [3.05, 3.63) is 30.0 Å². The minimum Gasteiger partial charge on any atom is -0.475 e. The molecule has 3 N–H and O–H groups in total. The molecule has 0 spiro atoms. The molecule has 2 aromatic rings. The Kier molecular flexibility index (Phi) is 5.55. The first kappa shape index (κ1) is 18.0. The van der Waals surface area contributed by atoms with Crippen LogP contribution in [0.25, 0.3) is 11.0 Å². The Morgan fingerprint density at radius 1 is 1.08 bits per heavy atom. The molecular formula is C19H22N2O5. The lowest BCUT2D eigenvalue weighted by molar-refractivity contribution is -0.125. The fourth-order valence-electron chi connectivity index (χ4n) is 3.34. The molecule has 1 aromatic carbocycles. The van der Waals surface area contributed by atoms with Gasteiger partial charge in [0.2, 0.25) is 17.6 Å². The van der Waals surface area contributed by atoms with Crippen LogP contribution in [-0.2, 0) is 9.59 Å². The Hall–Kier alpha value is -2.83. The number of aromatic carboxylic acids is 1. The van der Waals surface area contributed by atoms with Crippen LogP contribution < -0.4 is 10.6 Å². The van der Waals surface area contributed by atoms with Crippen molar-refractivity contribution in [1.29, 1.82) is 0 Å². The van der Waals surface area contributed by atoms with Gasteiger partial charge < -0.3 is 20.2 Å². The molecule has 3 rings (SSSR count). The third kappa shape index (κ3) is 4.62. The Labute approximate surface area is 150 Å². The molecule has 2 amide bonds. The number of fused-ring (bicyclic) bond motifs is 1. The van der Waals surface area contributed by atoms with Crippen LogP contribution in [0.5, 0.6) is 0 Å². The molecule has 1 saturated carbocycles. The molecule has 7 nitrogen and oxygen atoms in total. The highest BCUT2D eigenvalue weighted by molar-refractivity contribution is 5.97. The quantitative estimate of drug-likeness (QED) is 0.735. The second kappa shape index (κ2) is 8.03. The van der Waals surface area contributed by atoms with Gasteiger partial charge >= 0.3 is 5.97 Å². The number of hydrogen-bond acceptors (Lipinski definition) is 4. The van der Waals surface area contributed by atoms with Crippen molar-refractivity contribution in [3.8, 4) is 0 Å². The molecule has 26 heavy (non-hydrogen) atoms. The summed E-state index contributed by atoms with van der Waals surface area (Å²) >= 11 is 0. The first-order valence-corrected chi connectivity index (χ1v) is 8.85. The van der Waals surface area contributed by atoms with Crippen LogP contribution in [-0.4, -0.2) is 29.4 Å².